The Bertz CT molecular complexity index is 559. The molecule has 1 atom stereocenters. The Morgan fingerprint density at radius 1 is 1.44 bits per heavy atom. The van der Waals surface area contributed by atoms with Crippen molar-refractivity contribution in [3.8, 4) is 11.4 Å². The van der Waals surface area contributed by atoms with E-state index in [0.29, 0.717) is 6.61 Å². The lowest BCUT2D eigenvalue weighted by atomic mass is 10.1. The molecule has 3 rings (SSSR count). The molecule has 0 spiro atoms. The smallest absolute Gasteiger partial charge is 0.182 e. The number of aromatic nitrogens is 4. The van der Waals surface area contributed by atoms with Gasteiger partial charge in [0.15, 0.2) is 5.82 Å². The van der Waals surface area contributed by atoms with Gasteiger partial charge in [0.1, 0.15) is 0 Å². The fourth-order valence-electron chi connectivity index (χ4n) is 2.12. The summed E-state index contributed by atoms with van der Waals surface area (Å²) in [6.07, 6.45) is 0.944. The molecular formula is C12H15N5O. The number of ether oxygens (including phenoxy) is 1. The molecule has 1 unspecified atom stereocenters. The zero-order valence-electron chi connectivity index (χ0n) is 10.2. The second-order valence-electron chi connectivity index (χ2n) is 4.54. The summed E-state index contributed by atoms with van der Waals surface area (Å²) >= 11 is 0. The van der Waals surface area contributed by atoms with Crippen molar-refractivity contribution in [1.82, 2.24) is 20.2 Å². The monoisotopic (exact) mass is 245 g/mol. The minimum absolute atomic E-state index is 0.220. The first-order valence-corrected chi connectivity index (χ1v) is 5.98. The highest BCUT2D eigenvalue weighted by molar-refractivity contribution is 5.63. The van der Waals surface area contributed by atoms with Crippen molar-refractivity contribution in [2.75, 3.05) is 18.9 Å². The second-order valence-corrected chi connectivity index (χ2v) is 4.54. The number of hydrogen-bond acceptors (Lipinski definition) is 5. The fourth-order valence-corrected chi connectivity index (χ4v) is 2.12. The maximum Gasteiger partial charge on any atom is 0.182 e. The number of nitrogens with zero attached hydrogens (tertiary/aromatic N) is 4. The number of anilines is 1. The maximum atomic E-state index is 5.93. The van der Waals surface area contributed by atoms with Gasteiger partial charge in [-0.05, 0) is 35.4 Å². The lowest BCUT2D eigenvalue weighted by Crippen LogP contribution is -2.12. The van der Waals surface area contributed by atoms with Gasteiger partial charge in [0, 0.05) is 17.9 Å². The van der Waals surface area contributed by atoms with Crippen LogP contribution in [0.1, 0.15) is 18.0 Å². The van der Waals surface area contributed by atoms with Gasteiger partial charge < -0.3 is 10.5 Å². The van der Waals surface area contributed by atoms with Crippen LogP contribution >= 0.6 is 0 Å². The summed E-state index contributed by atoms with van der Waals surface area (Å²) in [5, 5.41) is 11.9. The Labute approximate surface area is 105 Å². The zero-order chi connectivity index (χ0) is 12.5. The van der Waals surface area contributed by atoms with Gasteiger partial charge in [-0.3, -0.25) is 0 Å². The fraction of sp³-hybridized carbons (Fsp3) is 0.417. The Balaban J connectivity index is 2.00. The van der Waals surface area contributed by atoms with E-state index in [1.807, 2.05) is 29.8 Å². The molecule has 0 saturated carbocycles. The average Bonchev–Trinajstić information content (AvgIpc) is 3.00. The Morgan fingerprint density at radius 3 is 3.06 bits per heavy atom. The van der Waals surface area contributed by atoms with Gasteiger partial charge in [-0.25, -0.2) is 4.68 Å². The van der Waals surface area contributed by atoms with Gasteiger partial charge >= 0.3 is 0 Å². The normalized spacial score (nSPS) is 19.3. The summed E-state index contributed by atoms with van der Waals surface area (Å²) in [4.78, 5) is 0. The number of benzene rings is 1. The van der Waals surface area contributed by atoms with E-state index in [2.05, 4.69) is 15.5 Å². The molecular weight excluding hydrogens is 230 g/mol. The molecule has 2 heterocycles. The van der Waals surface area contributed by atoms with E-state index in [1.54, 1.807) is 0 Å². The van der Waals surface area contributed by atoms with Crippen LogP contribution in [0, 0.1) is 6.92 Å². The van der Waals surface area contributed by atoms with Crippen LogP contribution in [0.15, 0.2) is 18.2 Å². The number of tetrazole rings is 1. The van der Waals surface area contributed by atoms with Crippen molar-refractivity contribution in [1.29, 1.82) is 0 Å². The van der Waals surface area contributed by atoms with Crippen molar-refractivity contribution in [2.45, 2.75) is 19.4 Å². The molecule has 0 radical (unpaired) electrons. The molecule has 0 bridgehead atoms. The van der Waals surface area contributed by atoms with E-state index >= 15 is 0 Å². The third-order valence-corrected chi connectivity index (χ3v) is 3.28. The van der Waals surface area contributed by atoms with E-state index in [9.17, 15) is 0 Å². The van der Waals surface area contributed by atoms with E-state index in [1.165, 1.54) is 0 Å². The molecule has 94 valence electrons. The lowest BCUT2D eigenvalue weighted by Gasteiger charge is -2.10. The van der Waals surface area contributed by atoms with E-state index in [0.717, 1.165) is 35.7 Å². The lowest BCUT2D eigenvalue weighted by molar-refractivity contribution is 0.184. The zero-order valence-corrected chi connectivity index (χ0v) is 10.2. The summed E-state index contributed by atoms with van der Waals surface area (Å²) in [7, 11) is 0. The van der Waals surface area contributed by atoms with Crippen molar-refractivity contribution in [3.63, 3.8) is 0 Å². The first-order valence-electron chi connectivity index (χ1n) is 5.98. The summed E-state index contributed by atoms with van der Waals surface area (Å²) in [6, 6.07) is 6.10. The third kappa shape index (κ3) is 1.84. The van der Waals surface area contributed by atoms with Crippen LogP contribution in [0.3, 0.4) is 0 Å². The Hall–Kier alpha value is -1.95. The highest BCUT2D eigenvalue weighted by atomic mass is 16.5. The first kappa shape index (κ1) is 11.2. The Kier molecular flexibility index (Phi) is 2.71. The van der Waals surface area contributed by atoms with Crippen LogP contribution in [0.5, 0.6) is 0 Å². The summed E-state index contributed by atoms with van der Waals surface area (Å²) in [5.74, 6) is 0.747. The van der Waals surface area contributed by atoms with Crippen molar-refractivity contribution in [3.05, 3.63) is 23.8 Å². The van der Waals surface area contributed by atoms with Crippen LogP contribution in [0.2, 0.25) is 0 Å². The molecule has 1 aromatic carbocycles. The van der Waals surface area contributed by atoms with Crippen LogP contribution in [-0.4, -0.2) is 33.4 Å². The second kappa shape index (κ2) is 4.38. The number of aryl methyl sites for hydroxylation is 1. The largest absolute Gasteiger partial charge is 0.398 e. The van der Waals surface area contributed by atoms with Gasteiger partial charge in [0.05, 0.1) is 12.6 Å². The molecule has 1 fully saturated rings. The van der Waals surface area contributed by atoms with Crippen molar-refractivity contribution in [2.24, 2.45) is 0 Å². The molecule has 6 heteroatoms. The van der Waals surface area contributed by atoms with E-state index < -0.39 is 0 Å². The molecule has 18 heavy (non-hydrogen) atoms. The van der Waals surface area contributed by atoms with E-state index in [4.69, 9.17) is 10.5 Å². The summed E-state index contributed by atoms with van der Waals surface area (Å²) in [6.45, 7) is 3.41. The minimum Gasteiger partial charge on any atom is -0.398 e. The standard InChI is InChI=1S/C12H15N5O/c1-8-2-3-9(6-11(8)13)12-14-15-16-17(12)10-4-5-18-7-10/h2-3,6,10H,4-5,7,13H2,1H3. The maximum absolute atomic E-state index is 5.93. The number of nitrogen functional groups attached to an aromatic ring is 1. The SMILES string of the molecule is Cc1ccc(-c2nnnn2C2CCOC2)cc1N. The average molecular weight is 245 g/mol. The van der Waals surface area contributed by atoms with Gasteiger partial charge in [-0.2, -0.15) is 0 Å². The van der Waals surface area contributed by atoms with Crippen molar-refractivity contribution >= 4 is 5.69 Å². The number of hydrogen-bond donors (Lipinski definition) is 1. The summed E-state index contributed by atoms with van der Waals surface area (Å²) in [5.41, 5.74) is 8.68. The Morgan fingerprint density at radius 2 is 2.33 bits per heavy atom. The highest BCUT2D eigenvalue weighted by Gasteiger charge is 2.22. The predicted molar refractivity (Wildman–Crippen MR) is 66.9 cm³/mol. The molecule has 6 nitrogen and oxygen atoms in total. The van der Waals surface area contributed by atoms with Gasteiger partial charge in [-0.15, -0.1) is 5.10 Å². The quantitative estimate of drug-likeness (QED) is 0.804. The highest BCUT2D eigenvalue weighted by Crippen LogP contribution is 2.26. The van der Waals surface area contributed by atoms with Gasteiger partial charge in [-0.1, -0.05) is 12.1 Å². The van der Waals surface area contributed by atoms with Crippen LogP contribution < -0.4 is 5.73 Å². The van der Waals surface area contributed by atoms with Gasteiger partial charge in [0.2, 0.25) is 0 Å². The molecule has 2 N–H and O–H groups in total. The van der Waals surface area contributed by atoms with Crippen LogP contribution in [0.4, 0.5) is 5.69 Å². The third-order valence-electron chi connectivity index (χ3n) is 3.28. The summed E-state index contributed by atoms with van der Waals surface area (Å²) < 4.78 is 7.20. The predicted octanol–water partition coefficient (Wildman–Crippen LogP) is 1.19. The van der Waals surface area contributed by atoms with Crippen LogP contribution in [0.25, 0.3) is 11.4 Å². The molecule has 2 aromatic rings. The molecule has 1 aliphatic rings. The molecule has 0 aliphatic carbocycles. The van der Waals surface area contributed by atoms with Crippen molar-refractivity contribution < 1.29 is 4.74 Å². The van der Waals surface area contributed by atoms with Gasteiger partial charge in [0.25, 0.3) is 0 Å². The molecule has 1 aliphatic heterocycles. The van der Waals surface area contributed by atoms with E-state index in [-0.39, 0.29) is 6.04 Å². The topological polar surface area (TPSA) is 78.8 Å². The number of rotatable bonds is 2. The molecule has 1 aromatic heterocycles. The molecule has 0 amide bonds. The number of nitrogens with two attached hydrogens (primary N) is 1. The van der Waals surface area contributed by atoms with Crippen LogP contribution in [-0.2, 0) is 4.74 Å². The molecule has 1 saturated heterocycles. The minimum atomic E-state index is 0.220. The first-order chi connectivity index (χ1) is 8.75.